The highest BCUT2D eigenvalue weighted by molar-refractivity contribution is 5.75. The summed E-state index contributed by atoms with van der Waals surface area (Å²) in [6.45, 7) is 0. The standard InChI is InChI=1S/C23H16N4O2/c28-23-26(18-11-13-20(14-12-18)29-19-9-5-2-6-10-19)21-15-24-16-25-22(21)27(23)17-7-3-1-4-8-17/h1-16H. The first-order valence-corrected chi connectivity index (χ1v) is 9.13. The van der Waals surface area contributed by atoms with E-state index in [-0.39, 0.29) is 5.69 Å². The molecule has 6 nitrogen and oxygen atoms in total. The molecule has 0 fully saturated rings. The predicted octanol–water partition coefficient (Wildman–Crippen LogP) is 4.36. The SMILES string of the molecule is O=c1n(-c2ccc(Oc3ccccc3)cc2)c2cncnc2n1-c1ccccc1. The Bertz CT molecular complexity index is 1320. The summed E-state index contributed by atoms with van der Waals surface area (Å²) in [5, 5.41) is 0. The van der Waals surface area contributed by atoms with Crippen molar-refractivity contribution in [2.75, 3.05) is 0 Å². The van der Waals surface area contributed by atoms with Gasteiger partial charge in [-0.25, -0.2) is 19.3 Å². The number of benzene rings is 3. The van der Waals surface area contributed by atoms with Crippen molar-refractivity contribution in [2.45, 2.75) is 0 Å². The molecule has 0 atom stereocenters. The maximum absolute atomic E-state index is 13.3. The zero-order valence-corrected chi connectivity index (χ0v) is 15.3. The number of hydrogen-bond donors (Lipinski definition) is 0. The number of fused-ring (bicyclic) bond motifs is 1. The van der Waals surface area contributed by atoms with E-state index in [4.69, 9.17) is 4.74 Å². The lowest BCUT2D eigenvalue weighted by Gasteiger charge is -2.07. The third-order valence-corrected chi connectivity index (χ3v) is 4.60. The van der Waals surface area contributed by atoms with Gasteiger partial charge in [-0.2, -0.15) is 0 Å². The van der Waals surface area contributed by atoms with Crippen molar-refractivity contribution in [1.29, 1.82) is 0 Å². The molecule has 6 heteroatoms. The molecule has 0 N–H and O–H groups in total. The van der Waals surface area contributed by atoms with Gasteiger partial charge in [-0.1, -0.05) is 36.4 Å². The topological polar surface area (TPSA) is 61.9 Å². The molecule has 5 rings (SSSR count). The number of imidazole rings is 1. The first kappa shape index (κ1) is 16.9. The van der Waals surface area contributed by atoms with Gasteiger partial charge in [0.25, 0.3) is 0 Å². The molecule has 2 aromatic heterocycles. The lowest BCUT2D eigenvalue weighted by molar-refractivity contribution is 0.482. The monoisotopic (exact) mass is 380 g/mol. The molecule has 0 unspecified atom stereocenters. The fourth-order valence-corrected chi connectivity index (χ4v) is 3.29. The van der Waals surface area contributed by atoms with Crippen molar-refractivity contribution < 1.29 is 4.74 Å². The van der Waals surface area contributed by atoms with Crippen molar-refractivity contribution in [2.24, 2.45) is 0 Å². The molecule has 3 aromatic carbocycles. The largest absolute Gasteiger partial charge is 0.457 e. The molecular formula is C23H16N4O2. The van der Waals surface area contributed by atoms with Gasteiger partial charge < -0.3 is 4.74 Å². The van der Waals surface area contributed by atoms with Gasteiger partial charge in [-0.15, -0.1) is 0 Å². The van der Waals surface area contributed by atoms with E-state index in [1.807, 2.05) is 84.9 Å². The average Bonchev–Trinajstić information content (AvgIpc) is 3.07. The molecule has 0 aliphatic rings. The van der Waals surface area contributed by atoms with Gasteiger partial charge in [0.15, 0.2) is 5.65 Å². The van der Waals surface area contributed by atoms with Crippen LogP contribution in [0.2, 0.25) is 0 Å². The summed E-state index contributed by atoms with van der Waals surface area (Å²) in [5.41, 5.74) is 2.45. The minimum Gasteiger partial charge on any atom is -0.457 e. The molecule has 0 saturated carbocycles. The molecular weight excluding hydrogens is 364 g/mol. The highest BCUT2D eigenvalue weighted by Gasteiger charge is 2.17. The van der Waals surface area contributed by atoms with Crippen LogP contribution >= 0.6 is 0 Å². The third kappa shape index (κ3) is 3.06. The summed E-state index contributed by atoms with van der Waals surface area (Å²) in [4.78, 5) is 21.7. The lowest BCUT2D eigenvalue weighted by Crippen LogP contribution is -2.22. The van der Waals surface area contributed by atoms with E-state index in [0.717, 1.165) is 11.4 Å². The second-order valence-electron chi connectivity index (χ2n) is 6.43. The second-order valence-corrected chi connectivity index (χ2v) is 6.43. The van der Waals surface area contributed by atoms with E-state index in [1.165, 1.54) is 6.33 Å². The normalized spacial score (nSPS) is 10.9. The summed E-state index contributed by atoms with van der Waals surface area (Å²) in [6.07, 6.45) is 3.10. The van der Waals surface area contributed by atoms with Gasteiger partial charge in [0.1, 0.15) is 23.3 Å². The van der Waals surface area contributed by atoms with E-state index >= 15 is 0 Å². The highest BCUT2D eigenvalue weighted by atomic mass is 16.5. The van der Waals surface area contributed by atoms with Crippen LogP contribution in [0.15, 0.2) is 102 Å². The Morgan fingerprint density at radius 2 is 1.31 bits per heavy atom. The Kier molecular flexibility index (Phi) is 4.14. The van der Waals surface area contributed by atoms with E-state index in [9.17, 15) is 4.79 Å². The van der Waals surface area contributed by atoms with Crippen molar-refractivity contribution in [1.82, 2.24) is 19.1 Å². The number of para-hydroxylation sites is 2. The second kappa shape index (κ2) is 7.09. The van der Waals surface area contributed by atoms with Crippen molar-refractivity contribution >= 4 is 11.2 Å². The molecule has 0 saturated heterocycles. The Balaban J connectivity index is 1.61. The minimum absolute atomic E-state index is 0.205. The van der Waals surface area contributed by atoms with Crippen LogP contribution in [0.1, 0.15) is 0 Å². The Hall–Kier alpha value is -4.19. The maximum atomic E-state index is 13.3. The van der Waals surface area contributed by atoms with Crippen LogP contribution in [-0.4, -0.2) is 19.1 Å². The molecule has 0 spiro atoms. The highest BCUT2D eigenvalue weighted by Crippen LogP contribution is 2.24. The molecule has 0 amide bonds. The molecule has 0 radical (unpaired) electrons. The fraction of sp³-hybridized carbons (Fsp3) is 0. The van der Waals surface area contributed by atoms with Crippen LogP contribution in [0.25, 0.3) is 22.5 Å². The van der Waals surface area contributed by atoms with Gasteiger partial charge in [-0.3, -0.25) is 4.57 Å². The smallest absolute Gasteiger partial charge is 0.339 e. The van der Waals surface area contributed by atoms with Gasteiger partial charge in [0.05, 0.1) is 17.6 Å². The van der Waals surface area contributed by atoms with Crippen LogP contribution < -0.4 is 10.4 Å². The van der Waals surface area contributed by atoms with E-state index < -0.39 is 0 Å². The number of ether oxygens (including phenoxy) is 1. The third-order valence-electron chi connectivity index (χ3n) is 4.60. The number of nitrogens with zero attached hydrogens (tertiary/aromatic N) is 4. The molecule has 140 valence electrons. The van der Waals surface area contributed by atoms with Crippen LogP contribution in [0.4, 0.5) is 0 Å². The summed E-state index contributed by atoms with van der Waals surface area (Å²) in [6, 6.07) is 26.4. The van der Waals surface area contributed by atoms with Crippen molar-refractivity contribution in [3.8, 4) is 22.9 Å². The van der Waals surface area contributed by atoms with Crippen molar-refractivity contribution in [3.63, 3.8) is 0 Å². The zero-order valence-electron chi connectivity index (χ0n) is 15.3. The Labute approximate surface area is 166 Å². The molecule has 0 aliphatic heterocycles. The Morgan fingerprint density at radius 3 is 2.03 bits per heavy atom. The fourth-order valence-electron chi connectivity index (χ4n) is 3.29. The van der Waals surface area contributed by atoms with Crippen LogP contribution in [-0.2, 0) is 0 Å². The quantitative estimate of drug-likeness (QED) is 0.465. The summed E-state index contributed by atoms with van der Waals surface area (Å²) in [5.74, 6) is 1.45. The summed E-state index contributed by atoms with van der Waals surface area (Å²) in [7, 11) is 0. The first-order valence-electron chi connectivity index (χ1n) is 9.13. The van der Waals surface area contributed by atoms with Crippen molar-refractivity contribution in [3.05, 3.63) is 108 Å². The van der Waals surface area contributed by atoms with E-state index in [0.29, 0.717) is 22.6 Å². The molecule has 29 heavy (non-hydrogen) atoms. The number of rotatable bonds is 4. The van der Waals surface area contributed by atoms with Crippen LogP contribution in [0.3, 0.4) is 0 Å². The zero-order chi connectivity index (χ0) is 19.6. The van der Waals surface area contributed by atoms with Crippen LogP contribution in [0, 0.1) is 0 Å². The molecule has 0 aliphatic carbocycles. The van der Waals surface area contributed by atoms with E-state index in [1.54, 1.807) is 15.3 Å². The molecule has 2 heterocycles. The van der Waals surface area contributed by atoms with Gasteiger partial charge in [0.2, 0.25) is 0 Å². The maximum Gasteiger partial charge on any atom is 0.339 e. The van der Waals surface area contributed by atoms with Crippen LogP contribution in [0.5, 0.6) is 11.5 Å². The first-order chi connectivity index (χ1) is 14.3. The van der Waals surface area contributed by atoms with E-state index in [2.05, 4.69) is 9.97 Å². The molecule has 0 bridgehead atoms. The van der Waals surface area contributed by atoms with Gasteiger partial charge in [0, 0.05) is 0 Å². The average molecular weight is 380 g/mol. The lowest BCUT2D eigenvalue weighted by atomic mass is 10.3. The number of aromatic nitrogens is 4. The summed E-state index contributed by atoms with van der Waals surface area (Å²) >= 11 is 0. The predicted molar refractivity (Wildman–Crippen MR) is 111 cm³/mol. The minimum atomic E-state index is -0.205. The summed E-state index contributed by atoms with van der Waals surface area (Å²) < 4.78 is 9.04. The van der Waals surface area contributed by atoms with Gasteiger partial charge >= 0.3 is 5.69 Å². The molecule has 5 aromatic rings. The number of hydrogen-bond acceptors (Lipinski definition) is 4. The van der Waals surface area contributed by atoms with Gasteiger partial charge in [-0.05, 0) is 48.5 Å². The Morgan fingerprint density at radius 1 is 0.690 bits per heavy atom.